The second kappa shape index (κ2) is 6.74. The van der Waals surface area contributed by atoms with Crippen molar-refractivity contribution in [2.24, 2.45) is 0 Å². The van der Waals surface area contributed by atoms with Gasteiger partial charge in [-0.05, 0) is 36.4 Å². The SMILES string of the molecule is C#Cc1ccc(N(C)S(=O)(=O)c2cccc3c(N(C)C)cccc23)cc1. The molecule has 0 unspecified atom stereocenters. The summed E-state index contributed by atoms with van der Waals surface area (Å²) in [5, 5.41) is 1.60. The van der Waals surface area contributed by atoms with Crippen LogP contribution in [0.3, 0.4) is 0 Å². The van der Waals surface area contributed by atoms with E-state index in [1.165, 1.54) is 4.31 Å². The van der Waals surface area contributed by atoms with Crippen LogP contribution in [0.25, 0.3) is 10.8 Å². The monoisotopic (exact) mass is 364 g/mol. The Morgan fingerprint density at radius 1 is 0.846 bits per heavy atom. The third kappa shape index (κ3) is 3.00. The summed E-state index contributed by atoms with van der Waals surface area (Å²) in [5.74, 6) is 2.53. The Hall–Kier alpha value is -2.97. The molecule has 0 bridgehead atoms. The highest BCUT2D eigenvalue weighted by molar-refractivity contribution is 7.93. The zero-order valence-electron chi connectivity index (χ0n) is 15.0. The van der Waals surface area contributed by atoms with E-state index in [4.69, 9.17) is 6.42 Å². The predicted octanol–water partition coefficient (Wildman–Crippen LogP) is 3.71. The standard InChI is InChI=1S/C21H20N2O2S/c1-5-16-12-14-17(15-13-16)23(4)26(24,25)21-11-7-8-18-19(21)9-6-10-20(18)22(2)3/h1,6-15H,2-4H3. The van der Waals surface area contributed by atoms with Crippen molar-refractivity contribution in [1.29, 1.82) is 0 Å². The molecular formula is C21H20N2O2S. The number of rotatable bonds is 4. The largest absolute Gasteiger partial charge is 0.377 e. The fourth-order valence-corrected chi connectivity index (χ4v) is 4.33. The molecule has 0 spiro atoms. The van der Waals surface area contributed by atoms with Gasteiger partial charge < -0.3 is 4.90 Å². The average Bonchev–Trinajstić information content (AvgIpc) is 2.66. The van der Waals surface area contributed by atoms with E-state index in [1.54, 1.807) is 43.4 Å². The normalized spacial score (nSPS) is 11.2. The van der Waals surface area contributed by atoms with Crippen molar-refractivity contribution in [3.63, 3.8) is 0 Å². The Labute approximate surface area is 154 Å². The third-order valence-electron chi connectivity index (χ3n) is 4.38. The lowest BCUT2D eigenvalue weighted by molar-refractivity contribution is 0.595. The summed E-state index contributed by atoms with van der Waals surface area (Å²) >= 11 is 0. The first-order valence-corrected chi connectivity index (χ1v) is 9.55. The molecule has 0 amide bonds. The fourth-order valence-electron chi connectivity index (χ4n) is 2.93. The molecule has 0 aromatic heterocycles. The minimum absolute atomic E-state index is 0.280. The highest BCUT2D eigenvalue weighted by Gasteiger charge is 2.24. The number of terminal acetylenes is 1. The van der Waals surface area contributed by atoms with E-state index in [2.05, 4.69) is 5.92 Å². The van der Waals surface area contributed by atoms with E-state index in [9.17, 15) is 8.42 Å². The molecule has 0 fully saturated rings. The second-order valence-corrected chi connectivity index (χ2v) is 8.12. The molecule has 3 rings (SSSR count). The first-order chi connectivity index (χ1) is 12.4. The topological polar surface area (TPSA) is 40.6 Å². The highest BCUT2D eigenvalue weighted by atomic mass is 32.2. The lowest BCUT2D eigenvalue weighted by atomic mass is 10.1. The molecule has 0 radical (unpaired) electrons. The summed E-state index contributed by atoms with van der Waals surface area (Å²) in [5.41, 5.74) is 2.24. The fraction of sp³-hybridized carbons (Fsp3) is 0.143. The Balaban J connectivity index is 2.15. The van der Waals surface area contributed by atoms with Gasteiger partial charge in [0.2, 0.25) is 0 Å². The van der Waals surface area contributed by atoms with Crippen LogP contribution >= 0.6 is 0 Å². The molecule has 0 aliphatic rings. The van der Waals surface area contributed by atoms with Crippen LogP contribution in [0, 0.1) is 12.3 Å². The highest BCUT2D eigenvalue weighted by Crippen LogP contribution is 2.32. The van der Waals surface area contributed by atoms with E-state index in [-0.39, 0.29) is 4.90 Å². The Morgan fingerprint density at radius 2 is 1.46 bits per heavy atom. The van der Waals surface area contributed by atoms with Gasteiger partial charge in [-0.25, -0.2) is 8.42 Å². The number of hydrogen-bond donors (Lipinski definition) is 0. The van der Waals surface area contributed by atoms with Gasteiger partial charge in [0.15, 0.2) is 0 Å². The van der Waals surface area contributed by atoms with Crippen molar-refractivity contribution in [2.75, 3.05) is 30.3 Å². The van der Waals surface area contributed by atoms with Crippen LogP contribution in [-0.2, 0) is 10.0 Å². The number of sulfonamides is 1. The van der Waals surface area contributed by atoms with E-state index < -0.39 is 10.0 Å². The lowest BCUT2D eigenvalue weighted by Gasteiger charge is -2.22. The number of hydrogen-bond acceptors (Lipinski definition) is 3. The molecule has 0 aliphatic carbocycles. The molecule has 132 valence electrons. The van der Waals surface area contributed by atoms with Gasteiger partial charge in [0.05, 0.1) is 10.6 Å². The first-order valence-electron chi connectivity index (χ1n) is 8.11. The molecule has 0 N–H and O–H groups in total. The van der Waals surface area contributed by atoms with E-state index in [1.807, 2.05) is 43.3 Å². The predicted molar refractivity (Wildman–Crippen MR) is 108 cm³/mol. The van der Waals surface area contributed by atoms with Gasteiger partial charge in [0.1, 0.15) is 0 Å². The molecular weight excluding hydrogens is 344 g/mol. The molecule has 0 saturated carbocycles. The van der Waals surface area contributed by atoms with Crippen LogP contribution in [0.15, 0.2) is 65.6 Å². The van der Waals surface area contributed by atoms with Crippen molar-refractivity contribution in [3.05, 3.63) is 66.2 Å². The van der Waals surface area contributed by atoms with Crippen LogP contribution in [0.2, 0.25) is 0 Å². The van der Waals surface area contributed by atoms with Crippen molar-refractivity contribution in [3.8, 4) is 12.3 Å². The summed E-state index contributed by atoms with van der Waals surface area (Å²) in [7, 11) is 1.71. The quantitative estimate of drug-likeness (QED) is 0.663. The summed E-state index contributed by atoms with van der Waals surface area (Å²) in [6.45, 7) is 0. The summed E-state index contributed by atoms with van der Waals surface area (Å²) in [6.07, 6.45) is 5.37. The zero-order valence-corrected chi connectivity index (χ0v) is 15.8. The molecule has 0 heterocycles. The lowest BCUT2D eigenvalue weighted by Crippen LogP contribution is -2.26. The summed E-state index contributed by atoms with van der Waals surface area (Å²) < 4.78 is 27.8. The average molecular weight is 364 g/mol. The molecule has 0 aliphatic heterocycles. The molecule has 5 heteroatoms. The smallest absolute Gasteiger partial charge is 0.264 e. The minimum Gasteiger partial charge on any atom is -0.377 e. The molecule has 4 nitrogen and oxygen atoms in total. The Bertz CT molecular complexity index is 1100. The maximum Gasteiger partial charge on any atom is 0.264 e. The number of fused-ring (bicyclic) bond motifs is 1. The molecule has 0 atom stereocenters. The van der Waals surface area contributed by atoms with Crippen LogP contribution in [0.5, 0.6) is 0 Å². The summed E-state index contributed by atoms with van der Waals surface area (Å²) in [6, 6.07) is 17.9. The molecule has 0 saturated heterocycles. The van der Waals surface area contributed by atoms with Crippen molar-refractivity contribution in [1.82, 2.24) is 0 Å². The van der Waals surface area contributed by atoms with Crippen molar-refractivity contribution < 1.29 is 8.42 Å². The van der Waals surface area contributed by atoms with Gasteiger partial charge in [0.25, 0.3) is 10.0 Å². The molecule has 3 aromatic rings. The van der Waals surface area contributed by atoms with E-state index in [0.717, 1.165) is 11.1 Å². The Morgan fingerprint density at radius 3 is 2.08 bits per heavy atom. The maximum absolute atomic E-state index is 13.3. The Kier molecular flexibility index (Phi) is 4.62. The first kappa shape index (κ1) is 17.8. The van der Waals surface area contributed by atoms with Crippen LogP contribution in [-0.4, -0.2) is 29.6 Å². The van der Waals surface area contributed by atoms with Gasteiger partial charge in [-0.1, -0.05) is 30.2 Å². The van der Waals surface area contributed by atoms with Gasteiger partial charge in [-0.2, -0.15) is 0 Å². The minimum atomic E-state index is -3.72. The second-order valence-electron chi connectivity index (χ2n) is 6.19. The maximum atomic E-state index is 13.3. The van der Waals surface area contributed by atoms with Gasteiger partial charge in [0, 0.05) is 43.2 Å². The van der Waals surface area contributed by atoms with Crippen LogP contribution < -0.4 is 9.21 Å². The van der Waals surface area contributed by atoms with Crippen LogP contribution in [0.4, 0.5) is 11.4 Å². The van der Waals surface area contributed by atoms with Crippen molar-refractivity contribution in [2.45, 2.75) is 4.90 Å². The van der Waals surface area contributed by atoms with Crippen molar-refractivity contribution >= 4 is 32.2 Å². The van der Waals surface area contributed by atoms with Gasteiger partial charge in [-0.3, -0.25) is 4.31 Å². The van der Waals surface area contributed by atoms with E-state index in [0.29, 0.717) is 16.6 Å². The number of anilines is 2. The van der Waals surface area contributed by atoms with Gasteiger partial charge in [-0.15, -0.1) is 6.42 Å². The zero-order chi connectivity index (χ0) is 18.9. The van der Waals surface area contributed by atoms with E-state index >= 15 is 0 Å². The number of nitrogens with zero attached hydrogens (tertiary/aromatic N) is 2. The molecule has 3 aromatic carbocycles. The van der Waals surface area contributed by atoms with Crippen LogP contribution in [0.1, 0.15) is 5.56 Å². The third-order valence-corrected chi connectivity index (χ3v) is 6.22. The number of benzene rings is 3. The molecule has 26 heavy (non-hydrogen) atoms. The summed E-state index contributed by atoms with van der Waals surface area (Å²) in [4.78, 5) is 2.25. The van der Waals surface area contributed by atoms with Gasteiger partial charge >= 0.3 is 0 Å².